The number of anilines is 1. The van der Waals surface area contributed by atoms with Crippen LogP contribution >= 0.6 is 0 Å². The van der Waals surface area contributed by atoms with Gasteiger partial charge >= 0.3 is 0 Å². The highest BCUT2D eigenvalue weighted by atomic mass is 15.3. The lowest BCUT2D eigenvalue weighted by Gasteiger charge is -2.10. The zero-order valence-corrected chi connectivity index (χ0v) is 12.7. The van der Waals surface area contributed by atoms with Crippen molar-refractivity contribution in [2.75, 3.05) is 11.9 Å². The van der Waals surface area contributed by atoms with Gasteiger partial charge in [-0.3, -0.25) is 4.68 Å². The number of aromatic nitrogens is 5. The molecule has 0 bridgehead atoms. The highest BCUT2D eigenvalue weighted by molar-refractivity contribution is 5.56. The predicted molar refractivity (Wildman–Crippen MR) is 82.6 cm³/mol. The maximum Gasteiger partial charge on any atom is 0.160 e. The van der Waals surface area contributed by atoms with E-state index in [1.54, 1.807) is 6.20 Å². The Kier molecular flexibility index (Phi) is 3.60. The molecule has 0 aromatic carbocycles. The molecule has 3 rings (SSSR count). The SMILES string of the molecule is CCc1cc(NCCn2cccn2)n2nc(C)c(C)c2n1. The van der Waals surface area contributed by atoms with Gasteiger partial charge in [-0.15, -0.1) is 0 Å². The van der Waals surface area contributed by atoms with Crippen molar-refractivity contribution in [3.63, 3.8) is 0 Å². The van der Waals surface area contributed by atoms with Crippen LogP contribution < -0.4 is 5.32 Å². The summed E-state index contributed by atoms with van der Waals surface area (Å²) in [6.07, 6.45) is 4.66. The lowest BCUT2D eigenvalue weighted by atomic mass is 10.2. The van der Waals surface area contributed by atoms with Gasteiger partial charge in [0.25, 0.3) is 0 Å². The summed E-state index contributed by atoms with van der Waals surface area (Å²) in [5, 5.41) is 12.2. The number of hydrogen-bond donors (Lipinski definition) is 1. The molecule has 0 unspecified atom stereocenters. The van der Waals surface area contributed by atoms with E-state index < -0.39 is 0 Å². The van der Waals surface area contributed by atoms with Crippen molar-refractivity contribution in [2.45, 2.75) is 33.7 Å². The third-order valence-electron chi connectivity index (χ3n) is 3.68. The summed E-state index contributed by atoms with van der Waals surface area (Å²) in [7, 11) is 0. The van der Waals surface area contributed by atoms with Gasteiger partial charge in [0, 0.05) is 36.3 Å². The Balaban J connectivity index is 1.87. The second-order valence-corrected chi connectivity index (χ2v) is 5.13. The summed E-state index contributed by atoms with van der Waals surface area (Å²) in [6, 6.07) is 4.00. The molecule has 3 heterocycles. The van der Waals surface area contributed by atoms with Crippen LogP contribution in [0.15, 0.2) is 24.5 Å². The van der Waals surface area contributed by atoms with Crippen LogP contribution in [0.5, 0.6) is 0 Å². The van der Waals surface area contributed by atoms with E-state index in [0.29, 0.717) is 0 Å². The molecule has 0 aliphatic heterocycles. The van der Waals surface area contributed by atoms with E-state index in [1.165, 1.54) is 0 Å². The summed E-state index contributed by atoms with van der Waals surface area (Å²) in [6.45, 7) is 7.81. The van der Waals surface area contributed by atoms with Crippen molar-refractivity contribution in [3.8, 4) is 0 Å². The number of fused-ring (bicyclic) bond motifs is 1. The van der Waals surface area contributed by atoms with Crippen LogP contribution in [0.2, 0.25) is 0 Å². The number of nitrogens with one attached hydrogen (secondary N) is 1. The topological polar surface area (TPSA) is 60.0 Å². The van der Waals surface area contributed by atoms with Crippen LogP contribution in [-0.2, 0) is 13.0 Å². The molecule has 0 fully saturated rings. The number of nitrogens with zero attached hydrogens (tertiary/aromatic N) is 5. The Morgan fingerprint density at radius 2 is 2.14 bits per heavy atom. The first kappa shape index (κ1) is 13.6. The highest BCUT2D eigenvalue weighted by Crippen LogP contribution is 2.18. The van der Waals surface area contributed by atoms with Gasteiger partial charge < -0.3 is 5.32 Å². The van der Waals surface area contributed by atoms with E-state index in [2.05, 4.69) is 40.4 Å². The van der Waals surface area contributed by atoms with Crippen molar-refractivity contribution >= 4 is 11.5 Å². The molecule has 0 saturated heterocycles. The van der Waals surface area contributed by atoms with E-state index in [4.69, 9.17) is 0 Å². The minimum absolute atomic E-state index is 0.794. The van der Waals surface area contributed by atoms with Crippen LogP contribution in [-0.4, -0.2) is 30.9 Å². The second-order valence-electron chi connectivity index (χ2n) is 5.13. The molecule has 3 aromatic rings. The van der Waals surface area contributed by atoms with Gasteiger partial charge in [0.1, 0.15) is 5.82 Å². The Hall–Kier alpha value is -2.37. The van der Waals surface area contributed by atoms with Crippen molar-refractivity contribution in [1.82, 2.24) is 24.4 Å². The van der Waals surface area contributed by atoms with Crippen LogP contribution in [0.25, 0.3) is 5.65 Å². The van der Waals surface area contributed by atoms with Gasteiger partial charge in [-0.25, -0.2) is 4.98 Å². The Morgan fingerprint density at radius 3 is 2.86 bits per heavy atom. The molecule has 0 amide bonds. The zero-order valence-electron chi connectivity index (χ0n) is 12.7. The van der Waals surface area contributed by atoms with E-state index in [-0.39, 0.29) is 0 Å². The fourth-order valence-corrected chi connectivity index (χ4v) is 2.32. The van der Waals surface area contributed by atoms with Gasteiger partial charge in [-0.2, -0.15) is 14.7 Å². The van der Waals surface area contributed by atoms with Crippen molar-refractivity contribution in [1.29, 1.82) is 0 Å². The van der Waals surface area contributed by atoms with Gasteiger partial charge in [-0.1, -0.05) is 6.92 Å². The van der Waals surface area contributed by atoms with Crippen molar-refractivity contribution < 1.29 is 0 Å². The molecule has 0 aliphatic carbocycles. The van der Waals surface area contributed by atoms with Crippen molar-refractivity contribution in [2.24, 2.45) is 0 Å². The van der Waals surface area contributed by atoms with Crippen LogP contribution in [0.3, 0.4) is 0 Å². The van der Waals surface area contributed by atoms with Gasteiger partial charge in [0.05, 0.1) is 12.2 Å². The molecule has 110 valence electrons. The maximum atomic E-state index is 4.68. The summed E-state index contributed by atoms with van der Waals surface area (Å²) >= 11 is 0. The summed E-state index contributed by atoms with van der Waals surface area (Å²) in [5.74, 6) is 0.986. The first-order valence-electron chi connectivity index (χ1n) is 7.26. The number of hydrogen-bond acceptors (Lipinski definition) is 4. The maximum absolute atomic E-state index is 4.68. The Labute approximate surface area is 123 Å². The van der Waals surface area contributed by atoms with E-state index in [9.17, 15) is 0 Å². The highest BCUT2D eigenvalue weighted by Gasteiger charge is 2.11. The normalized spacial score (nSPS) is 11.2. The zero-order chi connectivity index (χ0) is 14.8. The quantitative estimate of drug-likeness (QED) is 0.780. The first-order chi connectivity index (χ1) is 10.2. The monoisotopic (exact) mass is 284 g/mol. The molecular weight excluding hydrogens is 264 g/mol. The second kappa shape index (κ2) is 5.55. The molecular formula is C15H20N6. The molecule has 21 heavy (non-hydrogen) atoms. The summed E-state index contributed by atoms with van der Waals surface area (Å²) in [4.78, 5) is 4.68. The largest absolute Gasteiger partial charge is 0.368 e. The van der Waals surface area contributed by atoms with Gasteiger partial charge in [0.2, 0.25) is 0 Å². The third-order valence-corrected chi connectivity index (χ3v) is 3.68. The first-order valence-corrected chi connectivity index (χ1v) is 7.26. The van der Waals surface area contributed by atoms with Gasteiger partial charge in [-0.05, 0) is 26.3 Å². The Morgan fingerprint density at radius 1 is 1.29 bits per heavy atom. The molecule has 0 radical (unpaired) electrons. The molecule has 0 aliphatic rings. The molecule has 6 heteroatoms. The van der Waals surface area contributed by atoms with E-state index in [1.807, 2.05) is 28.4 Å². The average Bonchev–Trinajstić information content (AvgIpc) is 3.09. The standard InChI is InChI=1S/C15H20N6/c1-4-13-10-14(16-7-9-20-8-5-6-17-20)21-15(18-13)11(2)12(3)19-21/h5-6,8,10,16H,4,7,9H2,1-3H3. The smallest absolute Gasteiger partial charge is 0.160 e. The van der Waals surface area contributed by atoms with Crippen LogP contribution in [0, 0.1) is 13.8 Å². The fraction of sp³-hybridized carbons (Fsp3) is 0.400. The molecule has 3 aromatic heterocycles. The van der Waals surface area contributed by atoms with E-state index in [0.717, 1.165) is 47.9 Å². The lowest BCUT2D eigenvalue weighted by molar-refractivity contribution is 0.635. The molecule has 0 saturated carbocycles. The lowest BCUT2D eigenvalue weighted by Crippen LogP contribution is -2.14. The minimum Gasteiger partial charge on any atom is -0.368 e. The molecule has 0 spiro atoms. The summed E-state index contributed by atoms with van der Waals surface area (Å²) in [5.41, 5.74) is 4.17. The third kappa shape index (κ3) is 2.61. The Bertz CT molecular complexity index is 741. The summed E-state index contributed by atoms with van der Waals surface area (Å²) < 4.78 is 3.80. The van der Waals surface area contributed by atoms with Crippen LogP contribution in [0.4, 0.5) is 5.82 Å². The number of rotatable bonds is 5. The van der Waals surface area contributed by atoms with E-state index >= 15 is 0 Å². The average molecular weight is 284 g/mol. The fourth-order valence-electron chi connectivity index (χ4n) is 2.32. The molecule has 1 N–H and O–H groups in total. The predicted octanol–water partition coefficient (Wildman–Crippen LogP) is 2.22. The number of aryl methyl sites for hydroxylation is 3. The minimum atomic E-state index is 0.794. The van der Waals surface area contributed by atoms with Crippen LogP contribution in [0.1, 0.15) is 23.9 Å². The van der Waals surface area contributed by atoms with Crippen molar-refractivity contribution in [3.05, 3.63) is 41.5 Å². The molecule has 0 atom stereocenters. The van der Waals surface area contributed by atoms with Gasteiger partial charge in [0.15, 0.2) is 5.65 Å². The molecule has 6 nitrogen and oxygen atoms in total.